The fraction of sp³-hybridized carbons (Fsp3) is 0.185. The summed E-state index contributed by atoms with van der Waals surface area (Å²) in [5.41, 5.74) is 5.10. The number of aryl methyl sites for hydroxylation is 1. The molecule has 2 aliphatic rings. The van der Waals surface area contributed by atoms with Gasteiger partial charge < -0.3 is 15.1 Å². The highest BCUT2D eigenvalue weighted by atomic mass is 32.1. The Morgan fingerprint density at radius 3 is 2.67 bits per heavy atom. The maximum atomic E-state index is 13.6. The first-order valence-electron chi connectivity index (χ1n) is 11.0. The van der Waals surface area contributed by atoms with E-state index in [0.717, 1.165) is 22.6 Å². The monoisotopic (exact) mass is 454 g/mol. The summed E-state index contributed by atoms with van der Waals surface area (Å²) in [6, 6.07) is 17.0. The number of para-hydroxylation sites is 2. The Bertz CT molecular complexity index is 1480. The zero-order chi connectivity index (χ0) is 22.5. The third-order valence-electron chi connectivity index (χ3n) is 6.52. The minimum Gasteiger partial charge on any atom is -0.464 e. The number of fused-ring (bicyclic) bond motifs is 2. The smallest absolute Gasteiger partial charge is 0.198 e. The highest BCUT2D eigenvalue weighted by molar-refractivity contribution is 7.10. The molecule has 2 unspecified atom stereocenters. The first kappa shape index (κ1) is 20.0. The molecule has 3 heterocycles. The standard InChI is InChI=1S/C27H22N2O3S/c1-15-8-9-23-17(11-15)27(31)18(14-32-23)26-25-21(28-19-5-2-3-6-20(19)29-26)12-16(13-22(25)30)24-7-4-10-33-24/h2-11,14,16,26,28-29H,12-13H2,1H3. The second-order valence-corrected chi connectivity index (χ2v) is 9.68. The van der Waals surface area contributed by atoms with Gasteiger partial charge in [0, 0.05) is 28.5 Å². The summed E-state index contributed by atoms with van der Waals surface area (Å²) in [7, 11) is 0. The van der Waals surface area contributed by atoms with Crippen molar-refractivity contribution in [3.63, 3.8) is 0 Å². The number of thiophene rings is 1. The van der Waals surface area contributed by atoms with E-state index < -0.39 is 6.04 Å². The number of rotatable bonds is 2. The van der Waals surface area contributed by atoms with Crippen molar-refractivity contribution in [1.82, 2.24) is 0 Å². The van der Waals surface area contributed by atoms with Crippen LogP contribution in [-0.4, -0.2) is 5.78 Å². The first-order valence-corrected chi connectivity index (χ1v) is 11.9. The summed E-state index contributed by atoms with van der Waals surface area (Å²) in [5.74, 6) is 0.182. The Kier molecular flexibility index (Phi) is 4.69. The van der Waals surface area contributed by atoms with Crippen molar-refractivity contribution in [2.75, 3.05) is 10.6 Å². The van der Waals surface area contributed by atoms with Crippen LogP contribution in [0.2, 0.25) is 0 Å². The molecule has 0 spiro atoms. The summed E-state index contributed by atoms with van der Waals surface area (Å²) < 4.78 is 5.86. The van der Waals surface area contributed by atoms with Crippen molar-refractivity contribution < 1.29 is 9.21 Å². The average molecular weight is 455 g/mol. The molecule has 2 aromatic heterocycles. The van der Waals surface area contributed by atoms with Crippen LogP contribution < -0.4 is 16.1 Å². The lowest BCUT2D eigenvalue weighted by molar-refractivity contribution is -0.116. The van der Waals surface area contributed by atoms with Crippen LogP contribution in [0.3, 0.4) is 0 Å². The number of carbonyl (C=O) groups is 1. The number of Topliss-reactive ketones (excluding diaryl/α,β-unsaturated/α-hetero) is 1. The van der Waals surface area contributed by atoms with Gasteiger partial charge in [-0.15, -0.1) is 11.3 Å². The van der Waals surface area contributed by atoms with Gasteiger partial charge in [-0.05, 0) is 49.1 Å². The van der Waals surface area contributed by atoms with Crippen molar-refractivity contribution >= 4 is 39.5 Å². The van der Waals surface area contributed by atoms with Crippen LogP contribution in [0.15, 0.2) is 86.7 Å². The molecule has 1 aliphatic carbocycles. The van der Waals surface area contributed by atoms with E-state index in [2.05, 4.69) is 16.7 Å². The van der Waals surface area contributed by atoms with Crippen LogP contribution in [0.5, 0.6) is 0 Å². The van der Waals surface area contributed by atoms with E-state index >= 15 is 0 Å². The SMILES string of the molecule is Cc1ccc2occ(C3Nc4ccccc4NC4=C3C(=O)CC(c3cccs3)C4)c(=O)c2c1. The van der Waals surface area contributed by atoms with Crippen molar-refractivity contribution in [1.29, 1.82) is 0 Å². The van der Waals surface area contributed by atoms with Crippen LogP contribution in [0, 0.1) is 6.92 Å². The van der Waals surface area contributed by atoms with Gasteiger partial charge in [0.15, 0.2) is 11.2 Å². The van der Waals surface area contributed by atoms with Crippen LogP contribution in [0.4, 0.5) is 11.4 Å². The quantitative estimate of drug-likeness (QED) is 0.381. The number of hydrogen-bond donors (Lipinski definition) is 2. The van der Waals surface area contributed by atoms with E-state index in [1.165, 1.54) is 11.1 Å². The number of carbonyl (C=O) groups excluding carboxylic acids is 1. The van der Waals surface area contributed by atoms with Crippen LogP contribution in [0.25, 0.3) is 11.0 Å². The molecule has 0 saturated carbocycles. The predicted molar refractivity (Wildman–Crippen MR) is 132 cm³/mol. The molecule has 4 aromatic rings. The van der Waals surface area contributed by atoms with Crippen LogP contribution in [-0.2, 0) is 4.79 Å². The lowest BCUT2D eigenvalue weighted by Gasteiger charge is -2.28. The molecular weight excluding hydrogens is 432 g/mol. The number of hydrogen-bond acceptors (Lipinski definition) is 6. The molecule has 164 valence electrons. The largest absolute Gasteiger partial charge is 0.464 e. The Labute approximate surface area is 194 Å². The molecule has 6 heteroatoms. The molecular formula is C27H22N2O3S. The summed E-state index contributed by atoms with van der Waals surface area (Å²) in [6.07, 6.45) is 2.65. The lowest BCUT2D eigenvalue weighted by Crippen LogP contribution is -2.29. The second-order valence-electron chi connectivity index (χ2n) is 8.70. The summed E-state index contributed by atoms with van der Waals surface area (Å²) >= 11 is 1.68. The van der Waals surface area contributed by atoms with Crippen molar-refractivity contribution in [2.45, 2.75) is 31.7 Å². The van der Waals surface area contributed by atoms with Gasteiger partial charge in [-0.1, -0.05) is 29.8 Å². The minimum atomic E-state index is -0.589. The molecule has 1 aliphatic heterocycles. The fourth-order valence-electron chi connectivity index (χ4n) is 4.91. The van der Waals surface area contributed by atoms with Crippen molar-refractivity contribution in [2.24, 2.45) is 0 Å². The van der Waals surface area contributed by atoms with Gasteiger partial charge in [0.1, 0.15) is 11.8 Å². The number of anilines is 2. The van der Waals surface area contributed by atoms with Gasteiger partial charge in [0.05, 0.1) is 28.4 Å². The van der Waals surface area contributed by atoms with Crippen LogP contribution in [0.1, 0.15) is 40.8 Å². The Morgan fingerprint density at radius 2 is 1.85 bits per heavy atom. The number of benzene rings is 2. The third-order valence-corrected chi connectivity index (χ3v) is 7.56. The molecule has 2 aromatic carbocycles. The molecule has 6 rings (SSSR count). The topological polar surface area (TPSA) is 71.3 Å². The summed E-state index contributed by atoms with van der Waals surface area (Å²) in [4.78, 5) is 28.4. The molecule has 5 nitrogen and oxygen atoms in total. The number of allylic oxidation sites excluding steroid dienone is 1. The zero-order valence-corrected chi connectivity index (χ0v) is 18.9. The molecule has 0 radical (unpaired) electrons. The average Bonchev–Trinajstić information content (AvgIpc) is 3.29. The van der Waals surface area contributed by atoms with Crippen molar-refractivity contribution in [3.8, 4) is 0 Å². The number of nitrogens with one attached hydrogen (secondary N) is 2. The van der Waals surface area contributed by atoms with E-state index in [1.54, 1.807) is 11.3 Å². The summed E-state index contributed by atoms with van der Waals surface area (Å²) in [5, 5.41) is 9.57. The van der Waals surface area contributed by atoms with E-state index in [0.29, 0.717) is 34.9 Å². The molecule has 0 amide bonds. The molecule has 2 atom stereocenters. The van der Waals surface area contributed by atoms with E-state index in [9.17, 15) is 9.59 Å². The molecule has 2 N–H and O–H groups in total. The summed E-state index contributed by atoms with van der Waals surface area (Å²) in [6.45, 7) is 1.95. The van der Waals surface area contributed by atoms with Gasteiger partial charge in [0.2, 0.25) is 0 Å². The Hall–Kier alpha value is -3.64. The highest BCUT2D eigenvalue weighted by Gasteiger charge is 2.37. The first-order chi connectivity index (χ1) is 16.1. The Balaban J connectivity index is 1.54. The second kappa shape index (κ2) is 7.74. The molecule has 0 saturated heterocycles. The molecule has 0 bridgehead atoms. The fourth-order valence-corrected chi connectivity index (χ4v) is 5.74. The van der Waals surface area contributed by atoms with Gasteiger partial charge in [-0.25, -0.2) is 0 Å². The van der Waals surface area contributed by atoms with Gasteiger partial charge in [0.25, 0.3) is 0 Å². The van der Waals surface area contributed by atoms with Gasteiger partial charge in [-0.3, -0.25) is 9.59 Å². The highest BCUT2D eigenvalue weighted by Crippen LogP contribution is 2.44. The van der Waals surface area contributed by atoms with E-state index in [-0.39, 0.29) is 17.1 Å². The van der Waals surface area contributed by atoms with Crippen molar-refractivity contribution in [3.05, 3.63) is 104 Å². The van der Waals surface area contributed by atoms with E-state index in [4.69, 9.17) is 4.42 Å². The maximum absolute atomic E-state index is 13.6. The van der Waals surface area contributed by atoms with Gasteiger partial charge in [-0.2, -0.15) is 0 Å². The van der Waals surface area contributed by atoms with E-state index in [1.807, 2.05) is 60.8 Å². The molecule has 33 heavy (non-hydrogen) atoms. The van der Waals surface area contributed by atoms with Crippen LogP contribution >= 0.6 is 11.3 Å². The normalized spacial score (nSPS) is 20.0. The number of ketones is 1. The predicted octanol–water partition coefficient (Wildman–Crippen LogP) is 6.14. The zero-order valence-electron chi connectivity index (χ0n) is 18.1. The van der Waals surface area contributed by atoms with Gasteiger partial charge >= 0.3 is 0 Å². The molecule has 0 fully saturated rings. The lowest BCUT2D eigenvalue weighted by atomic mass is 9.81. The maximum Gasteiger partial charge on any atom is 0.198 e. The third kappa shape index (κ3) is 3.38. The minimum absolute atomic E-state index is 0.0520. The Morgan fingerprint density at radius 1 is 1.00 bits per heavy atom.